The first-order valence-corrected chi connectivity index (χ1v) is 5.25. The van der Waals surface area contributed by atoms with Gasteiger partial charge in [0.15, 0.2) is 0 Å². The summed E-state index contributed by atoms with van der Waals surface area (Å²) in [6, 6.07) is 3.65. The van der Waals surface area contributed by atoms with Gasteiger partial charge < -0.3 is 18.9 Å². The Balaban J connectivity index is 2.98. The molecular formula is C12H19NO4. The SMILES string of the molecule is COCNCc1c(OC)cc(OC)cc1OC. The van der Waals surface area contributed by atoms with Gasteiger partial charge in [-0.15, -0.1) is 0 Å². The minimum Gasteiger partial charge on any atom is -0.496 e. The summed E-state index contributed by atoms with van der Waals surface area (Å²) in [6.07, 6.45) is 0. The van der Waals surface area contributed by atoms with Gasteiger partial charge in [-0.05, 0) is 0 Å². The molecule has 0 radical (unpaired) electrons. The van der Waals surface area contributed by atoms with Crippen LogP contribution in [0.25, 0.3) is 0 Å². The fourth-order valence-corrected chi connectivity index (χ4v) is 1.53. The highest BCUT2D eigenvalue weighted by Gasteiger charge is 2.12. The molecule has 1 N–H and O–H groups in total. The summed E-state index contributed by atoms with van der Waals surface area (Å²) in [5, 5.41) is 3.12. The standard InChI is InChI=1S/C12H19NO4/c1-14-8-13-7-10-11(16-3)5-9(15-2)6-12(10)17-4/h5-6,13H,7-8H2,1-4H3. The molecule has 17 heavy (non-hydrogen) atoms. The molecular weight excluding hydrogens is 222 g/mol. The maximum absolute atomic E-state index is 5.32. The third kappa shape index (κ3) is 3.51. The van der Waals surface area contributed by atoms with Gasteiger partial charge in [0.25, 0.3) is 0 Å². The lowest BCUT2D eigenvalue weighted by Crippen LogP contribution is -2.17. The third-order valence-electron chi connectivity index (χ3n) is 2.37. The molecule has 0 atom stereocenters. The Morgan fingerprint density at radius 2 is 1.53 bits per heavy atom. The van der Waals surface area contributed by atoms with E-state index in [-0.39, 0.29) is 0 Å². The number of hydrogen-bond donors (Lipinski definition) is 1. The van der Waals surface area contributed by atoms with Gasteiger partial charge in [-0.3, -0.25) is 5.32 Å². The van der Waals surface area contributed by atoms with Crippen molar-refractivity contribution in [3.05, 3.63) is 17.7 Å². The number of methoxy groups -OCH3 is 4. The van der Waals surface area contributed by atoms with E-state index in [1.165, 1.54) is 0 Å². The van der Waals surface area contributed by atoms with E-state index in [1.54, 1.807) is 28.4 Å². The summed E-state index contributed by atoms with van der Waals surface area (Å²) in [5.74, 6) is 2.16. The van der Waals surface area contributed by atoms with Crippen molar-refractivity contribution in [2.24, 2.45) is 0 Å². The second-order valence-electron chi connectivity index (χ2n) is 3.37. The summed E-state index contributed by atoms with van der Waals surface area (Å²) >= 11 is 0. The molecule has 0 spiro atoms. The number of nitrogens with one attached hydrogen (secondary N) is 1. The first-order valence-electron chi connectivity index (χ1n) is 5.25. The van der Waals surface area contributed by atoms with Crippen molar-refractivity contribution in [3.63, 3.8) is 0 Å². The van der Waals surface area contributed by atoms with E-state index < -0.39 is 0 Å². The highest BCUT2D eigenvalue weighted by atomic mass is 16.5. The molecule has 0 aliphatic carbocycles. The summed E-state index contributed by atoms with van der Waals surface area (Å²) in [6.45, 7) is 1.07. The molecule has 96 valence electrons. The van der Waals surface area contributed by atoms with E-state index in [9.17, 15) is 0 Å². The highest BCUT2D eigenvalue weighted by molar-refractivity contribution is 5.50. The molecule has 0 saturated carbocycles. The lowest BCUT2D eigenvalue weighted by Gasteiger charge is -2.15. The summed E-state index contributed by atoms with van der Waals surface area (Å²) in [5.41, 5.74) is 0.938. The summed E-state index contributed by atoms with van der Waals surface area (Å²) in [4.78, 5) is 0. The van der Waals surface area contributed by atoms with Gasteiger partial charge in [0.05, 0.1) is 33.6 Å². The van der Waals surface area contributed by atoms with Gasteiger partial charge in [0, 0.05) is 25.8 Å². The number of ether oxygens (including phenoxy) is 4. The van der Waals surface area contributed by atoms with Gasteiger partial charge in [-0.25, -0.2) is 0 Å². The third-order valence-corrected chi connectivity index (χ3v) is 2.37. The molecule has 0 bridgehead atoms. The van der Waals surface area contributed by atoms with Crippen LogP contribution in [0, 0.1) is 0 Å². The molecule has 0 fully saturated rings. The predicted molar refractivity (Wildman–Crippen MR) is 64.8 cm³/mol. The molecule has 5 heteroatoms. The minimum atomic E-state index is 0.471. The Morgan fingerprint density at radius 1 is 0.941 bits per heavy atom. The Morgan fingerprint density at radius 3 is 1.94 bits per heavy atom. The van der Waals surface area contributed by atoms with Crippen molar-refractivity contribution >= 4 is 0 Å². The zero-order valence-electron chi connectivity index (χ0n) is 10.7. The average Bonchev–Trinajstić information content (AvgIpc) is 2.38. The van der Waals surface area contributed by atoms with E-state index in [0.29, 0.717) is 19.0 Å². The van der Waals surface area contributed by atoms with Crippen molar-refractivity contribution < 1.29 is 18.9 Å². The molecule has 1 rings (SSSR count). The summed E-state index contributed by atoms with van der Waals surface area (Å²) < 4.78 is 20.8. The highest BCUT2D eigenvalue weighted by Crippen LogP contribution is 2.33. The van der Waals surface area contributed by atoms with Crippen molar-refractivity contribution in [1.82, 2.24) is 5.32 Å². The van der Waals surface area contributed by atoms with Crippen LogP contribution in [0.1, 0.15) is 5.56 Å². The van der Waals surface area contributed by atoms with Crippen LogP contribution in [0.3, 0.4) is 0 Å². The van der Waals surface area contributed by atoms with E-state index >= 15 is 0 Å². The van der Waals surface area contributed by atoms with E-state index in [1.807, 2.05) is 12.1 Å². The molecule has 0 aliphatic rings. The molecule has 0 saturated heterocycles. The minimum absolute atomic E-state index is 0.471. The van der Waals surface area contributed by atoms with Crippen LogP contribution in [0.15, 0.2) is 12.1 Å². The molecule has 0 aliphatic heterocycles. The lowest BCUT2D eigenvalue weighted by atomic mass is 10.1. The second kappa shape index (κ2) is 6.98. The van der Waals surface area contributed by atoms with E-state index in [4.69, 9.17) is 18.9 Å². The van der Waals surface area contributed by atoms with Crippen LogP contribution in [-0.2, 0) is 11.3 Å². The molecule has 0 unspecified atom stereocenters. The molecule has 0 amide bonds. The fourth-order valence-electron chi connectivity index (χ4n) is 1.53. The lowest BCUT2D eigenvalue weighted by molar-refractivity contribution is 0.173. The maximum atomic E-state index is 5.32. The monoisotopic (exact) mass is 241 g/mol. The Hall–Kier alpha value is -1.46. The van der Waals surface area contributed by atoms with Crippen LogP contribution in [0.2, 0.25) is 0 Å². The number of hydrogen-bond acceptors (Lipinski definition) is 5. The first-order chi connectivity index (χ1) is 8.26. The van der Waals surface area contributed by atoms with E-state index in [0.717, 1.165) is 17.1 Å². The van der Waals surface area contributed by atoms with E-state index in [2.05, 4.69) is 5.32 Å². The van der Waals surface area contributed by atoms with Crippen LogP contribution in [-0.4, -0.2) is 35.2 Å². The zero-order chi connectivity index (χ0) is 12.7. The van der Waals surface area contributed by atoms with Crippen molar-refractivity contribution in [2.45, 2.75) is 6.54 Å². The van der Waals surface area contributed by atoms with Gasteiger partial charge >= 0.3 is 0 Å². The Labute approximate surface area is 102 Å². The summed E-state index contributed by atoms with van der Waals surface area (Å²) in [7, 11) is 6.48. The van der Waals surface area contributed by atoms with Crippen LogP contribution < -0.4 is 19.5 Å². The molecule has 0 aromatic heterocycles. The van der Waals surface area contributed by atoms with Gasteiger partial charge in [-0.1, -0.05) is 0 Å². The smallest absolute Gasteiger partial charge is 0.130 e. The van der Waals surface area contributed by atoms with Crippen molar-refractivity contribution in [1.29, 1.82) is 0 Å². The van der Waals surface area contributed by atoms with Crippen LogP contribution in [0.5, 0.6) is 17.2 Å². The van der Waals surface area contributed by atoms with Gasteiger partial charge in [-0.2, -0.15) is 0 Å². The Kier molecular flexibility index (Phi) is 5.59. The average molecular weight is 241 g/mol. The first kappa shape index (κ1) is 13.6. The molecule has 5 nitrogen and oxygen atoms in total. The van der Waals surface area contributed by atoms with Crippen LogP contribution >= 0.6 is 0 Å². The molecule has 1 aromatic rings. The molecule has 0 heterocycles. The molecule has 1 aromatic carbocycles. The number of benzene rings is 1. The predicted octanol–water partition coefficient (Wildman–Crippen LogP) is 1.41. The van der Waals surface area contributed by atoms with Crippen molar-refractivity contribution in [2.75, 3.05) is 35.2 Å². The largest absolute Gasteiger partial charge is 0.496 e. The van der Waals surface area contributed by atoms with Crippen LogP contribution in [0.4, 0.5) is 0 Å². The topological polar surface area (TPSA) is 49.0 Å². The Bertz CT molecular complexity index is 329. The maximum Gasteiger partial charge on any atom is 0.130 e. The van der Waals surface area contributed by atoms with Gasteiger partial charge in [0.1, 0.15) is 17.2 Å². The van der Waals surface area contributed by atoms with Crippen molar-refractivity contribution in [3.8, 4) is 17.2 Å². The normalized spacial score (nSPS) is 10.1. The zero-order valence-corrected chi connectivity index (χ0v) is 10.7. The number of rotatable bonds is 7. The fraction of sp³-hybridized carbons (Fsp3) is 0.500. The van der Waals surface area contributed by atoms with Gasteiger partial charge in [0.2, 0.25) is 0 Å². The second-order valence-corrected chi connectivity index (χ2v) is 3.37. The quantitative estimate of drug-likeness (QED) is 0.577.